The van der Waals surface area contributed by atoms with Gasteiger partial charge in [0.15, 0.2) is 5.96 Å². The molecule has 7 nitrogen and oxygen atoms in total. The van der Waals surface area contributed by atoms with Crippen LogP contribution in [0.1, 0.15) is 25.3 Å². The molecule has 0 amide bonds. The van der Waals surface area contributed by atoms with Crippen LogP contribution in [0.3, 0.4) is 0 Å². The first-order valence-electron chi connectivity index (χ1n) is 10.7. The second-order valence-corrected chi connectivity index (χ2v) is 7.62. The lowest BCUT2D eigenvalue weighted by Gasteiger charge is -2.32. The highest BCUT2D eigenvalue weighted by Gasteiger charge is 2.13. The fourth-order valence-corrected chi connectivity index (χ4v) is 3.49. The molecule has 1 aromatic rings. The number of nitrogens with zero attached hydrogens (tertiary/aromatic N) is 4. The van der Waals surface area contributed by atoms with E-state index in [1.165, 1.54) is 39.1 Å². The molecule has 2 rings (SSSR count). The Balaban J connectivity index is 1.84. The number of piperazine rings is 1. The van der Waals surface area contributed by atoms with E-state index in [9.17, 15) is 0 Å². The molecule has 1 aliphatic heterocycles. The Bertz CT molecular complexity index is 630. The Kier molecular flexibility index (Phi) is 10.1. The summed E-state index contributed by atoms with van der Waals surface area (Å²) in [6.07, 6.45) is 2.31. The summed E-state index contributed by atoms with van der Waals surface area (Å²) >= 11 is 0. The smallest absolute Gasteiger partial charge is 0.193 e. The van der Waals surface area contributed by atoms with E-state index >= 15 is 0 Å². The van der Waals surface area contributed by atoms with Crippen LogP contribution in [-0.2, 0) is 6.54 Å². The van der Waals surface area contributed by atoms with Crippen LogP contribution in [0.2, 0.25) is 0 Å². The van der Waals surface area contributed by atoms with E-state index in [4.69, 9.17) is 14.5 Å². The fraction of sp³-hybridized carbons (Fsp3) is 0.682. The highest BCUT2D eigenvalue weighted by molar-refractivity contribution is 5.79. The molecule has 1 aromatic carbocycles. The summed E-state index contributed by atoms with van der Waals surface area (Å²) in [4.78, 5) is 11.9. The summed E-state index contributed by atoms with van der Waals surface area (Å²) in [5.74, 6) is 2.57. The molecular formula is C22H39N5O2. The van der Waals surface area contributed by atoms with Crippen LogP contribution in [0, 0.1) is 0 Å². The highest BCUT2D eigenvalue weighted by Crippen LogP contribution is 2.25. The number of methoxy groups -OCH3 is 2. The van der Waals surface area contributed by atoms with Gasteiger partial charge in [-0.3, -0.25) is 4.99 Å². The number of rotatable bonds is 10. The Hall–Kier alpha value is -1.99. The minimum Gasteiger partial charge on any atom is -0.497 e. The molecule has 1 saturated heterocycles. The lowest BCUT2D eigenvalue weighted by Crippen LogP contribution is -2.44. The Morgan fingerprint density at radius 1 is 1.14 bits per heavy atom. The molecule has 0 spiro atoms. The number of likely N-dealkylation sites (N-methyl/N-ethyl adjacent to an activating group) is 1. The quantitative estimate of drug-likeness (QED) is 0.366. The third kappa shape index (κ3) is 7.74. The zero-order valence-corrected chi connectivity index (χ0v) is 18.9. The largest absolute Gasteiger partial charge is 0.497 e. The van der Waals surface area contributed by atoms with Crippen molar-refractivity contribution in [2.75, 3.05) is 74.1 Å². The van der Waals surface area contributed by atoms with E-state index in [0.717, 1.165) is 49.1 Å². The van der Waals surface area contributed by atoms with Gasteiger partial charge in [-0.15, -0.1) is 0 Å². The van der Waals surface area contributed by atoms with Gasteiger partial charge in [0.1, 0.15) is 11.5 Å². The maximum Gasteiger partial charge on any atom is 0.193 e. The van der Waals surface area contributed by atoms with Crippen LogP contribution < -0.4 is 14.8 Å². The average molecular weight is 406 g/mol. The molecule has 1 N–H and O–H groups in total. The van der Waals surface area contributed by atoms with Gasteiger partial charge in [0.05, 0.1) is 14.2 Å². The molecule has 7 heteroatoms. The number of guanidine groups is 1. The van der Waals surface area contributed by atoms with Gasteiger partial charge in [-0.1, -0.05) is 0 Å². The predicted molar refractivity (Wildman–Crippen MR) is 120 cm³/mol. The minimum atomic E-state index is 0.723. The van der Waals surface area contributed by atoms with Gasteiger partial charge < -0.3 is 29.5 Å². The van der Waals surface area contributed by atoms with Gasteiger partial charge in [0, 0.05) is 64.5 Å². The normalized spacial score (nSPS) is 16.0. The molecule has 0 saturated carbocycles. The number of hydrogen-bond acceptors (Lipinski definition) is 5. The summed E-state index contributed by atoms with van der Waals surface area (Å²) in [6.45, 7) is 10.4. The first kappa shape index (κ1) is 23.3. The van der Waals surface area contributed by atoms with Crippen molar-refractivity contribution in [1.29, 1.82) is 0 Å². The summed E-state index contributed by atoms with van der Waals surface area (Å²) in [6, 6.07) is 5.94. The Labute approximate surface area is 176 Å². The summed E-state index contributed by atoms with van der Waals surface area (Å²) in [7, 11) is 7.62. The van der Waals surface area contributed by atoms with Gasteiger partial charge in [-0.2, -0.15) is 0 Å². The third-order valence-corrected chi connectivity index (χ3v) is 5.34. The number of ether oxygens (including phenoxy) is 2. The van der Waals surface area contributed by atoms with Crippen LogP contribution in [0.15, 0.2) is 23.2 Å². The lowest BCUT2D eigenvalue weighted by molar-refractivity contribution is 0.152. The van der Waals surface area contributed by atoms with Crippen molar-refractivity contribution < 1.29 is 9.47 Å². The molecule has 0 atom stereocenters. The van der Waals surface area contributed by atoms with Crippen LogP contribution in [0.4, 0.5) is 0 Å². The number of unbranched alkanes of at least 4 members (excludes halogenated alkanes) is 1. The van der Waals surface area contributed by atoms with Crippen LogP contribution in [-0.4, -0.2) is 94.8 Å². The van der Waals surface area contributed by atoms with Gasteiger partial charge in [-0.25, -0.2) is 0 Å². The molecule has 164 valence electrons. The first-order chi connectivity index (χ1) is 14.1. The SMILES string of the molecule is CCNC(=NCCCCN1CCN(C)CC1)N(C)Cc1ccc(OC)cc1OC. The van der Waals surface area contributed by atoms with E-state index < -0.39 is 0 Å². The molecule has 0 bridgehead atoms. The summed E-state index contributed by atoms with van der Waals surface area (Å²) < 4.78 is 10.8. The van der Waals surface area contributed by atoms with Gasteiger partial charge >= 0.3 is 0 Å². The maximum atomic E-state index is 5.53. The highest BCUT2D eigenvalue weighted by atomic mass is 16.5. The van der Waals surface area contributed by atoms with Crippen molar-refractivity contribution in [2.24, 2.45) is 4.99 Å². The lowest BCUT2D eigenvalue weighted by atomic mass is 10.2. The minimum absolute atomic E-state index is 0.723. The monoisotopic (exact) mass is 405 g/mol. The number of hydrogen-bond donors (Lipinski definition) is 1. The zero-order valence-electron chi connectivity index (χ0n) is 18.9. The standard InChI is InChI=1S/C22H39N5O2/c1-6-23-22(24-11-7-8-12-27-15-13-25(2)14-16-27)26(3)18-19-9-10-20(28-4)17-21(19)29-5/h9-10,17H,6-8,11-16,18H2,1-5H3,(H,23,24). The van der Waals surface area contributed by atoms with Crippen LogP contribution in [0.25, 0.3) is 0 Å². The van der Waals surface area contributed by atoms with Gasteiger partial charge in [0.2, 0.25) is 0 Å². The van der Waals surface area contributed by atoms with Crippen molar-refractivity contribution in [3.05, 3.63) is 23.8 Å². The van der Waals surface area contributed by atoms with E-state index in [0.29, 0.717) is 0 Å². The molecule has 0 radical (unpaired) electrons. The average Bonchev–Trinajstić information content (AvgIpc) is 2.74. The van der Waals surface area contributed by atoms with E-state index in [2.05, 4.69) is 41.0 Å². The molecule has 0 aromatic heterocycles. The van der Waals surface area contributed by atoms with Crippen molar-refractivity contribution in [3.63, 3.8) is 0 Å². The molecule has 1 heterocycles. The van der Waals surface area contributed by atoms with Crippen molar-refractivity contribution in [2.45, 2.75) is 26.3 Å². The predicted octanol–water partition coefficient (Wildman–Crippen LogP) is 2.13. The summed E-state index contributed by atoms with van der Waals surface area (Å²) in [5.41, 5.74) is 1.11. The van der Waals surface area contributed by atoms with Gasteiger partial charge in [-0.05, 0) is 45.5 Å². The van der Waals surface area contributed by atoms with Gasteiger partial charge in [0.25, 0.3) is 0 Å². The van der Waals surface area contributed by atoms with Crippen LogP contribution >= 0.6 is 0 Å². The second-order valence-electron chi connectivity index (χ2n) is 7.62. The first-order valence-corrected chi connectivity index (χ1v) is 10.7. The van der Waals surface area contributed by atoms with E-state index in [1.54, 1.807) is 14.2 Å². The van der Waals surface area contributed by atoms with Crippen LogP contribution in [0.5, 0.6) is 11.5 Å². The molecule has 1 aliphatic rings. The Morgan fingerprint density at radius 2 is 1.90 bits per heavy atom. The van der Waals surface area contributed by atoms with Crippen molar-refractivity contribution in [1.82, 2.24) is 20.0 Å². The third-order valence-electron chi connectivity index (χ3n) is 5.34. The maximum absolute atomic E-state index is 5.53. The number of nitrogens with one attached hydrogen (secondary N) is 1. The molecular weight excluding hydrogens is 366 g/mol. The molecule has 0 aliphatic carbocycles. The Morgan fingerprint density at radius 3 is 2.55 bits per heavy atom. The molecule has 29 heavy (non-hydrogen) atoms. The number of aliphatic imine (C=N–C) groups is 1. The van der Waals surface area contributed by atoms with E-state index in [-0.39, 0.29) is 0 Å². The second kappa shape index (κ2) is 12.5. The van der Waals surface area contributed by atoms with Crippen molar-refractivity contribution in [3.8, 4) is 11.5 Å². The van der Waals surface area contributed by atoms with Crippen molar-refractivity contribution >= 4 is 5.96 Å². The number of benzene rings is 1. The fourth-order valence-electron chi connectivity index (χ4n) is 3.49. The topological polar surface area (TPSA) is 52.6 Å². The van der Waals surface area contributed by atoms with E-state index in [1.807, 2.05) is 18.2 Å². The summed E-state index contributed by atoms with van der Waals surface area (Å²) in [5, 5.41) is 3.40. The zero-order chi connectivity index (χ0) is 21.1. The molecule has 1 fully saturated rings. The molecule has 0 unspecified atom stereocenters.